The van der Waals surface area contributed by atoms with Gasteiger partial charge in [-0.05, 0) is 30.9 Å². The van der Waals surface area contributed by atoms with Crippen molar-refractivity contribution in [3.63, 3.8) is 0 Å². The Labute approximate surface area is 157 Å². The zero-order valence-electron chi connectivity index (χ0n) is 15.4. The molecule has 1 saturated heterocycles. The largest absolute Gasteiger partial charge is 0.422 e. The third-order valence-corrected chi connectivity index (χ3v) is 5.35. The topological polar surface area (TPSA) is 68.3 Å². The molecule has 6 nitrogen and oxygen atoms in total. The van der Waals surface area contributed by atoms with Gasteiger partial charge in [-0.25, -0.2) is 9.78 Å². The van der Waals surface area contributed by atoms with Crippen LogP contribution in [0.5, 0.6) is 0 Å². The average Bonchev–Trinajstić information content (AvgIpc) is 3.14. The first kappa shape index (κ1) is 17.5. The second kappa shape index (κ2) is 7.39. The number of carbonyl (C=O) groups is 1. The summed E-state index contributed by atoms with van der Waals surface area (Å²) in [6.45, 7) is 4.36. The fraction of sp³-hybridized carbons (Fsp3) is 0.381. The van der Waals surface area contributed by atoms with Crippen molar-refractivity contribution in [3.8, 4) is 0 Å². The van der Waals surface area contributed by atoms with Crippen LogP contribution in [0, 0.1) is 5.92 Å². The molecular formula is C21H23N3O3. The van der Waals surface area contributed by atoms with E-state index >= 15 is 0 Å². The molecule has 0 bridgehead atoms. The van der Waals surface area contributed by atoms with Gasteiger partial charge in [0, 0.05) is 43.8 Å². The number of benzene rings is 1. The Balaban J connectivity index is 1.44. The van der Waals surface area contributed by atoms with Crippen LogP contribution in [-0.4, -0.2) is 33.4 Å². The number of piperidine rings is 1. The van der Waals surface area contributed by atoms with Gasteiger partial charge in [0.1, 0.15) is 17.0 Å². The number of imidazole rings is 1. The second-order valence-corrected chi connectivity index (χ2v) is 7.07. The monoisotopic (exact) mass is 365 g/mol. The van der Waals surface area contributed by atoms with Gasteiger partial charge in [-0.3, -0.25) is 4.79 Å². The number of likely N-dealkylation sites (tertiary alicyclic amines) is 1. The van der Waals surface area contributed by atoms with Crippen LogP contribution >= 0.6 is 0 Å². The van der Waals surface area contributed by atoms with E-state index in [1.54, 1.807) is 17.0 Å². The highest BCUT2D eigenvalue weighted by Crippen LogP contribution is 2.22. The van der Waals surface area contributed by atoms with Crippen molar-refractivity contribution in [1.29, 1.82) is 0 Å². The van der Waals surface area contributed by atoms with Gasteiger partial charge >= 0.3 is 5.63 Å². The van der Waals surface area contributed by atoms with Crippen molar-refractivity contribution in [3.05, 3.63) is 64.5 Å². The van der Waals surface area contributed by atoms with Crippen LogP contribution in [0.25, 0.3) is 11.0 Å². The number of aromatic nitrogens is 2. The highest BCUT2D eigenvalue weighted by molar-refractivity contribution is 5.96. The highest BCUT2D eigenvalue weighted by Gasteiger charge is 2.26. The molecule has 3 heterocycles. The van der Waals surface area contributed by atoms with E-state index in [4.69, 9.17) is 4.42 Å². The predicted molar refractivity (Wildman–Crippen MR) is 103 cm³/mol. The predicted octanol–water partition coefficient (Wildman–Crippen LogP) is 3.10. The molecule has 4 rings (SSSR count). The SMILES string of the molecule is CCc1nccn1CC1CCN(C(=O)c2cc3ccccc3oc2=O)CC1. The molecule has 0 N–H and O–H groups in total. The number of carbonyl (C=O) groups excluding carboxylic acids is 1. The normalized spacial score (nSPS) is 15.4. The Morgan fingerprint density at radius 3 is 2.81 bits per heavy atom. The number of para-hydroxylation sites is 1. The van der Waals surface area contributed by atoms with Crippen molar-refractivity contribution < 1.29 is 9.21 Å². The van der Waals surface area contributed by atoms with Crippen LogP contribution in [0.2, 0.25) is 0 Å². The maximum atomic E-state index is 12.8. The van der Waals surface area contributed by atoms with Crippen LogP contribution < -0.4 is 5.63 Å². The first-order valence-corrected chi connectivity index (χ1v) is 9.48. The molecule has 1 amide bonds. The standard InChI is InChI=1S/C21H23N3O3/c1-2-19-22-9-12-24(19)14-15-7-10-23(11-8-15)20(25)17-13-16-5-3-4-6-18(16)27-21(17)26/h3-6,9,12-13,15H,2,7-8,10-11,14H2,1H3. The van der Waals surface area contributed by atoms with E-state index in [0.29, 0.717) is 24.6 Å². The molecule has 1 aliphatic heterocycles. The van der Waals surface area contributed by atoms with Gasteiger partial charge in [0.05, 0.1) is 0 Å². The molecule has 0 unspecified atom stereocenters. The second-order valence-electron chi connectivity index (χ2n) is 7.07. The molecule has 27 heavy (non-hydrogen) atoms. The van der Waals surface area contributed by atoms with Crippen LogP contribution in [-0.2, 0) is 13.0 Å². The van der Waals surface area contributed by atoms with E-state index in [1.807, 2.05) is 30.6 Å². The minimum absolute atomic E-state index is 0.120. The molecule has 0 saturated carbocycles. The van der Waals surface area contributed by atoms with Crippen LogP contribution in [0.3, 0.4) is 0 Å². The summed E-state index contributed by atoms with van der Waals surface area (Å²) >= 11 is 0. The lowest BCUT2D eigenvalue weighted by atomic mass is 9.96. The van der Waals surface area contributed by atoms with E-state index in [0.717, 1.165) is 37.0 Å². The smallest absolute Gasteiger partial charge is 0.349 e. The summed E-state index contributed by atoms with van der Waals surface area (Å²) in [6.07, 6.45) is 6.63. The maximum absolute atomic E-state index is 12.8. The van der Waals surface area contributed by atoms with Gasteiger partial charge in [0.2, 0.25) is 0 Å². The Hall–Kier alpha value is -2.89. The molecule has 2 aromatic heterocycles. The number of amides is 1. The van der Waals surface area contributed by atoms with Gasteiger partial charge in [-0.15, -0.1) is 0 Å². The third-order valence-electron chi connectivity index (χ3n) is 5.35. The summed E-state index contributed by atoms with van der Waals surface area (Å²) in [5.74, 6) is 1.38. The first-order chi connectivity index (χ1) is 13.2. The van der Waals surface area contributed by atoms with Crippen molar-refractivity contribution >= 4 is 16.9 Å². The van der Waals surface area contributed by atoms with Crippen molar-refractivity contribution in [2.24, 2.45) is 5.92 Å². The maximum Gasteiger partial charge on any atom is 0.349 e. The van der Waals surface area contributed by atoms with Gasteiger partial charge in [-0.1, -0.05) is 25.1 Å². The number of hydrogen-bond donors (Lipinski definition) is 0. The van der Waals surface area contributed by atoms with Gasteiger partial charge in [0.25, 0.3) is 5.91 Å². The molecule has 0 spiro atoms. The molecular weight excluding hydrogens is 342 g/mol. The van der Waals surface area contributed by atoms with Gasteiger partial charge in [0.15, 0.2) is 0 Å². The Morgan fingerprint density at radius 1 is 1.26 bits per heavy atom. The Morgan fingerprint density at radius 2 is 2.04 bits per heavy atom. The number of nitrogens with zero attached hydrogens (tertiary/aromatic N) is 3. The Kier molecular flexibility index (Phi) is 4.79. The molecule has 1 aliphatic rings. The lowest BCUT2D eigenvalue weighted by molar-refractivity contribution is 0.0678. The van der Waals surface area contributed by atoms with Crippen molar-refractivity contribution in [1.82, 2.24) is 14.5 Å². The number of hydrogen-bond acceptors (Lipinski definition) is 4. The van der Waals surface area contributed by atoms with Crippen molar-refractivity contribution in [2.45, 2.75) is 32.7 Å². The molecule has 3 aromatic rings. The molecule has 0 aliphatic carbocycles. The molecule has 1 aromatic carbocycles. The molecule has 6 heteroatoms. The van der Waals surface area contributed by atoms with E-state index in [9.17, 15) is 9.59 Å². The summed E-state index contributed by atoms with van der Waals surface area (Å²) in [4.78, 5) is 31.2. The zero-order chi connectivity index (χ0) is 18.8. The summed E-state index contributed by atoms with van der Waals surface area (Å²) in [7, 11) is 0. The summed E-state index contributed by atoms with van der Waals surface area (Å²) in [5, 5.41) is 0.766. The van der Waals surface area contributed by atoms with E-state index < -0.39 is 5.63 Å². The number of fused-ring (bicyclic) bond motifs is 1. The van der Waals surface area contributed by atoms with Gasteiger partial charge in [-0.2, -0.15) is 0 Å². The Bertz CT molecular complexity index is 1010. The fourth-order valence-corrected chi connectivity index (χ4v) is 3.80. The first-order valence-electron chi connectivity index (χ1n) is 9.48. The van der Waals surface area contributed by atoms with E-state index in [2.05, 4.69) is 16.5 Å². The van der Waals surface area contributed by atoms with Gasteiger partial charge < -0.3 is 13.9 Å². The minimum atomic E-state index is -0.563. The lowest BCUT2D eigenvalue weighted by Gasteiger charge is -2.32. The quantitative estimate of drug-likeness (QED) is 0.666. The van der Waals surface area contributed by atoms with E-state index in [1.165, 1.54) is 0 Å². The fourth-order valence-electron chi connectivity index (χ4n) is 3.80. The van der Waals surface area contributed by atoms with E-state index in [-0.39, 0.29) is 11.5 Å². The summed E-state index contributed by atoms with van der Waals surface area (Å²) in [6, 6.07) is 8.90. The third kappa shape index (κ3) is 3.52. The molecule has 1 fully saturated rings. The zero-order valence-corrected chi connectivity index (χ0v) is 15.4. The highest BCUT2D eigenvalue weighted by atomic mass is 16.4. The van der Waals surface area contributed by atoms with Crippen molar-refractivity contribution in [2.75, 3.05) is 13.1 Å². The van der Waals surface area contributed by atoms with Crippen LogP contribution in [0.1, 0.15) is 35.9 Å². The molecule has 140 valence electrons. The lowest BCUT2D eigenvalue weighted by Crippen LogP contribution is -2.41. The minimum Gasteiger partial charge on any atom is -0.422 e. The number of aryl methyl sites for hydroxylation is 1. The summed E-state index contributed by atoms with van der Waals surface area (Å²) in [5.41, 5.74) is 0.0617. The molecule has 0 atom stereocenters. The van der Waals surface area contributed by atoms with Crippen LogP contribution in [0.15, 0.2) is 51.9 Å². The van der Waals surface area contributed by atoms with Crippen LogP contribution in [0.4, 0.5) is 0 Å². The number of rotatable bonds is 4. The molecule has 0 radical (unpaired) electrons. The summed E-state index contributed by atoms with van der Waals surface area (Å²) < 4.78 is 7.52. The average molecular weight is 365 g/mol.